The molecule has 25 heavy (non-hydrogen) atoms. The van der Waals surface area contributed by atoms with Crippen LogP contribution in [0.15, 0.2) is 24.3 Å². The molecule has 3 rings (SSSR count). The second-order valence-electron chi connectivity index (χ2n) is 6.61. The van der Waals surface area contributed by atoms with Gasteiger partial charge in [-0.3, -0.25) is 9.59 Å². The number of nitrogens with zero attached hydrogens (tertiary/aromatic N) is 2. The molecule has 1 saturated heterocycles. The highest BCUT2D eigenvalue weighted by molar-refractivity contribution is 6.11. The summed E-state index contributed by atoms with van der Waals surface area (Å²) in [7, 11) is 0. The number of anilines is 1. The van der Waals surface area contributed by atoms with Crippen molar-refractivity contribution in [2.45, 2.75) is 50.6 Å². The van der Waals surface area contributed by atoms with Gasteiger partial charge in [-0.15, -0.1) is 0 Å². The Kier molecular flexibility index (Phi) is 4.45. The molecule has 1 aromatic carbocycles. The number of nitriles is 1. The van der Waals surface area contributed by atoms with Gasteiger partial charge in [-0.1, -0.05) is 25.3 Å². The minimum absolute atomic E-state index is 0.314. The maximum atomic E-state index is 12.8. The summed E-state index contributed by atoms with van der Waals surface area (Å²) in [6.07, 6.45) is 4.07. The van der Waals surface area contributed by atoms with Gasteiger partial charge in [-0.05, 0) is 38.0 Å². The fraction of sp³-hybridized carbons (Fsp3) is 0.444. The van der Waals surface area contributed by atoms with E-state index in [-0.39, 0.29) is 5.91 Å². The summed E-state index contributed by atoms with van der Waals surface area (Å²) in [5.41, 5.74) is 0.0295. The molecule has 2 aliphatic rings. The first-order valence-corrected chi connectivity index (χ1v) is 8.44. The highest BCUT2D eigenvalue weighted by atomic mass is 16.2. The molecule has 1 spiro atoms. The first-order valence-electron chi connectivity index (χ1n) is 8.44. The first kappa shape index (κ1) is 17.0. The lowest BCUT2D eigenvalue weighted by atomic mass is 9.81. The summed E-state index contributed by atoms with van der Waals surface area (Å²) in [4.78, 5) is 38.7. The van der Waals surface area contributed by atoms with Gasteiger partial charge in [-0.2, -0.15) is 5.26 Å². The Morgan fingerprint density at radius 2 is 2.04 bits per heavy atom. The summed E-state index contributed by atoms with van der Waals surface area (Å²) >= 11 is 0. The van der Waals surface area contributed by atoms with Gasteiger partial charge in [0, 0.05) is 5.69 Å². The summed E-state index contributed by atoms with van der Waals surface area (Å²) in [5.74, 6) is -0.780. The van der Waals surface area contributed by atoms with Crippen LogP contribution in [-0.2, 0) is 9.59 Å². The Labute approximate surface area is 146 Å². The number of hydrogen-bond acceptors (Lipinski definition) is 4. The van der Waals surface area contributed by atoms with Gasteiger partial charge >= 0.3 is 6.03 Å². The number of hydrogen-bond donors (Lipinski definition) is 2. The van der Waals surface area contributed by atoms with E-state index in [2.05, 4.69) is 10.6 Å². The van der Waals surface area contributed by atoms with E-state index >= 15 is 0 Å². The van der Waals surface area contributed by atoms with Gasteiger partial charge in [0.2, 0.25) is 5.91 Å². The maximum Gasteiger partial charge on any atom is 0.325 e. The number of rotatable bonds is 3. The summed E-state index contributed by atoms with van der Waals surface area (Å²) < 4.78 is 0. The van der Waals surface area contributed by atoms with Crippen LogP contribution in [0.5, 0.6) is 0 Å². The van der Waals surface area contributed by atoms with E-state index in [0.29, 0.717) is 24.1 Å². The molecule has 2 N–H and O–H groups in total. The van der Waals surface area contributed by atoms with Crippen molar-refractivity contribution in [1.82, 2.24) is 10.2 Å². The van der Waals surface area contributed by atoms with Crippen LogP contribution in [0.1, 0.15) is 44.6 Å². The third-order valence-corrected chi connectivity index (χ3v) is 4.93. The van der Waals surface area contributed by atoms with Gasteiger partial charge < -0.3 is 10.6 Å². The maximum absolute atomic E-state index is 12.8. The molecular formula is C18H20N4O3. The van der Waals surface area contributed by atoms with Crippen molar-refractivity contribution in [2.24, 2.45) is 0 Å². The third kappa shape index (κ3) is 3.07. The van der Waals surface area contributed by atoms with Crippen LogP contribution < -0.4 is 10.6 Å². The topological polar surface area (TPSA) is 102 Å². The number of amides is 4. The summed E-state index contributed by atoms with van der Waals surface area (Å²) in [6, 6.07) is 7.03. The van der Waals surface area contributed by atoms with E-state index in [1.807, 2.05) is 6.07 Å². The first-order chi connectivity index (χ1) is 12.0. The van der Waals surface area contributed by atoms with Crippen LogP contribution in [-0.4, -0.2) is 34.3 Å². The molecular weight excluding hydrogens is 320 g/mol. The van der Waals surface area contributed by atoms with Gasteiger partial charge in [0.05, 0.1) is 11.6 Å². The van der Waals surface area contributed by atoms with Crippen molar-refractivity contribution >= 4 is 23.5 Å². The van der Waals surface area contributed by atoms with Gasteiger partial charge in [0.1, 0.15) is 11.6 Å². The normalized spacial score (nSPS) is 20.1. The largest absolute Gasteiger partial charge is 0.325 e. The Bertz CT molecular complexity index is 762. The van der Waals surface area contributed by atoms with E-state index < -0.39 is 23.5 Å². The van der Waals surface area contributed by atoms with Gasteiger partial charge in [-0.25, -0.2) is 9.69 Å². The molecule has 0 unspecified atom stereocenters. The predicted molar refractivity (Wildman–Crippen MR) is 90.4 cm³/mol. The summed E-state index contributed by atoms with van der Waals surface area (Å²) in [6.45, 7) is 1.53. The monoisotopic (exact) mass is 340 g/mol. The minimum atomic E-state index is -0.931. The van der Waals surface area contributed by atoms with E-state index in [0.717, 1.165) is 24.2 Å². The molecule has 2 fully saturated rings. The van der Waals surface area contributed by atoms with Crippen molar-refractivity contribution in [1.29, 1.82) is 5.26 Å². The van der Waals surface area contributed by atoms with E-state index in [4.69, 9.17) is 5.26 Å². The van der Waals surface area contributed by atoms with Crippen LogP contribution in [0.4, 0.5) is 10.5 Å². The van der Waals surface area contributed by atoms with E-state index in [1.165, 1.54) is 6.92 Å². The highest BCUT2D eigenvalue weighted by Gasteiger charge is 2.53. The van der Waals surface area contributed by atoms with E-state index in [9.17, 15) is 14.4 Å². The molecule has 0 radical (unpaired) electrons. The zero-order valence-electron chi connectivity index (χ0n) is 14.0. The number of urea groups is 1. The molecule has 1 aromatic rings. The highest BCUT2D eigenvalue weighted by Crippen LogP contribution is 2.34. The minimum Gasteiger partial charge on any atom is -0.324 e. The van der Waals surface area contributed by atoms with Crippen LogP contribution in [0.2, 0.25) is 0 Å². The van der Waals surface area contributed by atoms with Crippen molar-refractivity contribution in [3.05, 3.63) is 29.8 Å². The lowest BCUT2D eigenvalue weighted by Gasteiger charge is -2.31. The average Bonchev–Trinajstić information content (AvgIpc) is 2.85. The molecule has 1 heterocycles. The number of carbonyl (C=O) groups is 3. The fourth-order valence-corrected chi connectivity index (χ4v) is 3.52. The van der Waals surface area contributed by atoms with Crippen molar-refractivity contribution in [3.8, 4) is 6.07 Å². The molecule has 0 aromatic heterocycles. The van der Waals surface area contributed by atoms with Crippen LogP contribution in [0, 0.1) is 11.3 Å². The molecule has 0 bridgehead atoms. The number of nitrogens with one attached hydrogen (secondary N) is 2. The Hall–Kier alpha value is -2.88. The fourth-order valence-electron chi connectivity index (χ4n) is 3.52. The van der Waals surface area contributed by atoms with Crippen molar-refractivity contribution in [3.63, 3.8) is 0 Å². The zero-order valence-corrected chi connectivity index (χ0v) is 14.0. The number of imide groups is 1. The van der Waals surface area contributed by atoms with Crippen LogP contribution in [0.3, 0.4) is 0 Å². The molecule has 4 amide bonds. The quantitative estimate of drug-likeness (QED) is 0.823. The summed E-state index contributed by atoms with van der Waals surface area (Å²) in [5, 5.41) is 14.4. The Balaban J connectivity index is 1.74. The molecule has 1 saturated carbocycles. The SMILES string of the molecule is C[C@@H](C(=O)Nc1cccc(C#N)c1)N1C(=O)NC2(CCCCC2)C1=O. The molecule has 1 aliphatic heterocycles. The third-order valence-electron chi connectivity index (χ3n) is 4.93. The molecule has 1 atom stereocenters. The zero-order chi connectivity index (χ0) is 18.0. The molecule has 7 nitrogen and oxygen atoms in total. The molecule has 130 valence electrons. The van der Waals surface area contributed by atoms with Crippen molar-refractivity contribution in [2.75, 3.05) is 5.32 Å². The van der Waals surface area contributed by atoms with Crippen molar-refractivity contribution < 1.29 is 14.4 Å². The average molecular weight is 340 g/mol. The number of benzene rings is 1. The van der Waals surface area contributed by atoms with Crippen LogP contribution in [0.25, 0.3) is 0 Å². The van der Waals surface area contributed by atoms with Gasteiger partial charge in [0.15, 0.2) is 0 Å². The Morgan fingerprint density at radius 3 is 2.72 bits per heavy atom. The number of carbonyl (C=O) groups excluding carboxylic acids is 3. The predicted octanol–water partition coefficient (Wildman–Crippen LogP) is 2.14. The molecule has 7 heteroatoms. The standard InChI is InChI=1S/C18H20N4O3/c1-12(15(23)20-14-7-5-6-13(10-14)11-19)22-16(24)18(21-17(22)25)8-3-2-4-9-18/h5-7,10,12H,2-4,8-9H2,1H3,(H,20,23)(H,21,25)/t12-/m0/s1. The van der Waals surface area contributed by atoms with Gasteiger partial charge in [0.25, 0.3) is 5.91 Å². The van der Waals surface area contributed by atoms with E-state index in [1.54, 1.807) is 24.3 Å². The van der Waals surface area contributed by atoms with Crippen LogP contribution >= 0.6 is 0 Å². The molecule has 1 aliphatic carbocycles. The smallest absolute Gasteiger partial charge is 0.324 e. The second kappa shape index (κ2) is 6.55. The second-order valence-corrected chi connectivity index (χ2v) is 6.61. The lowest BCUT2D eigenvalue weighted by Crippen LogP contribution is -2.50. The lowest BCUT2D eigenvalue weighted by molar-refractivity contribution is -0.137. The Morgan fingerprint density at radius 1 is 1.32 bits per heavy atom.